The number of benzene rings is 2. The highest BCUT2D eigenvalue weighted by atomic mass is 35.5. The number of likely N-dealkylation sites (tertiary alicyclic amines) is 1. The van der Waals surface area contributed by atoms with E-state index in [2.05, 4.69) is 15.4 Å². The monoisotopic (exact) mass is 608 g/mol. The minimum Gasteiger partial charge on any atom is -0.383 e. The summed E-state index contributed by atoms with van der Waals surface area (Å²) in [6, 6.07) is 11.6. The highest BCUT2D eigenvalue weighted by molar-refractivity contribution is 6.30. The van der Waals surface area contributed by atoms with E-state index in [9.17, 15) is 27.9 Å². The number of rotatable bonds is 9. The van der Waals surface area contributed by atoms with Crippen molar-refractivity contribution in [3.05, 3.63) is 76.8 Å². The molecule has 11 nitrogen and oxygen atoms in total. The Morgan fingerprint density at radius 1 is 1.24 bits per heavy atom. The van der Waals surface area contributed by atoms with Gasteiger partial charge in [0.2, 0.25) is 5.84 Å². The van der Waals surface area contributed by atoms with Crippen molar-refractivity contribution in [2.24, 2.45) is 5.73 Å². The largest absolute Gasteiger partial charge is 0.436 e. The van der Waals surface area contributed by atoms with Gasteiger partial charge in [0.25, 0.3) is 5.91 Å². The number of nitrogens with zero attached hydrogens (tertiary/aromatic N) is 5. The molecule has 224 valence electrons. The molecule has 2 heterocycles. The zero-order valence-electron chi connectivity index (χ0n) is 22.6. The molecule has 0 saturated carbocycles. The molecule has 15 heteroatoms. The van der Waals surface area contributed by atoms with Crippen LogP contribution in [0.4, 0.5) is 18.0 Å². The molecule has 4 N–H and O–H groups in total. The highest BCUT2D eigenvalue weighted by Crippen LogP contribution is 2.24. The van der Waals surface area contributed by atoms with Crippen molar-refractivity contribution in [3.63, 3.8) is 0 Å². The summed E-state index contributed by atoms with van der Waals surface area (Å²) >= 11 is 5.87. The van der Waals surface area contributed by atoms with Crippen molar-refractivity contribution >= 4 is 29.4 Å². The third-order valence-electron chi connectivity index (χ3n) is 6.72. The summed E-state index contributed by atoms with van der Waals surface area (Å²) in [5, 5.41) is 16.8. The molecule has 3 aromatic rings. The van der Waals surface area contributed by atoms with Crippen LogP contribution >= 0.6 is 11.6 Å². The molecule has 42 heavy (non-hydrogen) atoms. The van der Waals surface area contributed by atoms with Crippen molar-refractivity contribution in [2.75, 3.05) is 26.8 Å². The van der Waals surface area contributed by atoms with E-state index >= 15 is 0 Å². The summed E-state index contributed by atoms with van der Waals surface area (Å²) in [5.74, 6) is -0.389. The molecule has 0 radical (unpaired) electrons. The number of nitrogens with one attached hydrogen (secondary N) is 1. The molecule has 4 rings (SSSR count). The van der Waals surface area contributed by atoms with Crippen LogP contribution in [0.15, 0.2) is 54.9 Å². The topological polar surface area (TPSA) is 139 Å². The standard InChI is InChI=1S/C27H29ClF3N7O4/c1-42-15-19-5-4-12-36(19)25(40)20-6-2-3-7-21(20)38-16-34-23(35-38)13-33-26(41)37(14-22(39)27(29,30)31)24(32)17-8-10-18(28)11-9-17/h2-3,6-11,16,19,22,32,39H,4-5,12-15H2,1H3,(H,33,41)/p+1/t19-,22+/m1/s1. The number of aliphatic hydroxyl groups excluding tert-OH is 1. The molecule has 0 bridgehead atoms. The summed E-state index contributed by atoms with van der Waals surface area (Å²) in [7, 11) is 1.59. The number of nitrogens with two attached hydrogens (primary N) is 1. The molecule has 1 aliphatic heterocycles. The average molecular weight is 609 g/mol. The zero-order valence-corrected chi connectivity index (χ0v) is 23.3. The van der Waals surface area contributed by atoms with Gasteiger partial charge in [-0.15, -0.1) is 5.10 Å². The second kappa shape index (κ2) is 13.3. The molecule has 0 aliphatic carbocycles. The van der Waals surface area contributed by atoms with Crippen LogP contribution in [-0.2, 0) is 11.3 Å². The van der Waals surface area contributed by atoms with Gasteiger partial charge >= 0.3 is 12.2 Å². The van der Waals surface area contributed by atoms with Crippen molar-refractivity contribution < 1.29 is 37.2 Å². The number of halogens is 4. The van der Waals surface area contributed by atoms with Crippen LogP contribution in [0.2, 0.25) is 5.02 Å². The molecule has 1 aromatic heterocycles. The van der Waals surface area contributed by atoms with E-state index in [4.69, 9.17) is 22.1 Å². The van der Waals surface area contributed by atoms with Crippen molar-refractivity contribution in [2.45, 2.75) is 37.7 Å². The molecule has 1 fully saturated rings. The number of carbonyl (C=O) groups is 2. The summed E-state index contributed by atoms with van der Waals surface area (Å²) in [5.41, 5.74) is 7.12. The van der Waals surface area contributed by atoms with Gasteiger partial charge in [0.1, 0.15) is 19.4 Å². The van der Waals surface area contributed by atoms with E-state index in [-0.39, 0.29) is 35.7 Å². The Labute approximate surface area is 244 Å². The van der Waals surface area contributed by atoms with E-state index < -0.39 is 24.9 Å². The second-order valence-corrected chi connectivity index (χ2v) is 10.0. The highest BCUT2D eigenvalue weighted by Gasteiger charge is 2.41. The number of aliphatic hydroxyl groups is 1. The fourth-order valence-corrected chi connectivity index (χ4v) is 4.69. The van der Waals surface area contributed by atoms with Crippen LogP contribution in [0, 0.1) is 0 Å². The number of amidine groups is 1. The second-order valence-electron chi connectivity index (χ2n) is 9.59. The lowest BCUT2D eigenvalue weighted by Crippen LogP contribution is -2.47. The molecule has 2 atom stereocenters. The lowest BCUT2D eigenvalue weighted by atomic mass is 10.1. The number of para-hydroxylation sites is 1. The van der Waals surface area contributed by atoms with E-state index in [0.29, 0.717) is 34.0 Å². The first-order valence-corrected chi connectivity index (χ1v) is 13.4. The third kappa shape index (κ3) is 7.24. The number of methoxy groups -OCH3 is 1. The van der Waals surface area contributed by atoms with Crippen molar-refractivity contribution in [3.8, 4) is 5.69 Å². The molecule has 0 spiro atoms. The number of alkyl halides is 3. The molecule has 1 aliphatic rings. The van der Waals surface area contributed by atoms with Crippen LogP contribution < -0.4 is 11.1 Å². The van der Waals surface area contributed by atoms with Crippen LogP contribution in [0.5, 0.6) is 0 Å². The molecular formula is C27H30ClF3N7O4+. The van der Waals surface area contributed by atoms with Gasteiger partial charge in [0, 0.05) is 24.2 Å². The first kappa shape index (κ1) is 30.9. The number of carbonyl (C=O) groups excluding carboxylic acids is 2. The van der Waals surface area contributed by atoms with Crippen molar-refractivity contribution in [1.82, 2.24) is 25.0 Å². The number of urea groups is 1. The Bertz CT molecular complexity index is 1450. The molecule has 0 unspecified atom stereocenters. The average Bonchev–Trinajstić information content (AvgIpc) is 3.64. The summed E-state index contributed by atoms with van der Waals surface area (Å²) < 4.78 is 46.6. The van der Waals surface area contributed by atoms with Gasteiger partial charge in [-0.25, -0.2) is 14.5 Å². The maximum absolute atomic E-state index is 13.4. The fraction of sp³-hybridized carbons (Fsp3) is 0.370. The van der Waals surface area contributed by atoms with Gasteiger partial charge in [0.05, 0.1) is 23.9 Å². The van der Waals surface area contributed by atoms with E-state index in [0.717, 1.165) is 12.8 Å². The van der Waals surface area contributed by atoms with Crippen LogP contribution in [0.1, 0.15) is 34.6 Å². The van der Waals surface area contributed by atoms with E-state index in [1.807, 2.05) is 0 Å². The normalized spacial score (nSPS) is 16.7. The number of ether oxygens (including phenoxy) is 1. The summed E-state index contributed by atoms with van der Waals surface area (Å²) in [6.07, 6.45) is -4.76. The van der Waals surface area contributed by atoms with Gasteiger partial charge in [0.15, 0.2) is 11.9 Å². The Balaban J connectivity index is 1.53. The summed E-state index contributed by atoms with van der Waals surface area (Å²) in [6.45, 7) is -0.401. The first-order chi connectivity index (χ1) is 20.0. The summed E-state index contributed by atoms with van der Waals surface area (Å²) in [4.78, 5) is 32.3. The Morgan fingerprint density at radius 2 is 1.95 bits per heavy atom. The van der Waals surface area contributed by atoms with Gasteiger partial charge in [-0.3, -0.25) is 10.1 Å². The number of hydrogen-bond acceptors (Lipinski definition) is 6. The number of aromatic nitrogens is 3. The zero-order chi connectivity index (χ0) is 30.4. The van der Waals surface area contributed by atoms with Gasteiger partial charge in [-0.1, -0.05) is 23.7 Å². The van der Waals surface area contributed by atoms with Crippen LogP contribution in [0.25, 0.3) is 5.69 Å². The van der Waals surface area contributed by atoms with Gasteiger partial charge in [-0.05, 0) is 49.2 Å². The molecule has 2 aromatic carbocycles. The van der Waals surface area contributed by atoms with Gasteiger partial charge in [-0.2, -0.15) is 17.7 Å². The Kier molecular flexibility index (Phi) is 9.81. The van der Waals surface area contributed by atoms with E-state index in [1.54, 1.807) is 36.3 Å². The predicted molar refractivity (Wildman–Crippen MR) is 146 cm³/mol. The molecular weight excluding hydrogens is 579 g/mol. The van der Waals surface area contributed by atoms with Crippen LogP contribution in [-0.4, -0.2) is 92.2 Å². The minimum absolute atomic E-state index is 0.0343. The maximum atomic E-state index is 13.4. The Morgan fingerprint density at radius 3 is 2.64 bits per heavy atom. The lowest BCUT2D eigenvalue weighted by Gasteiger charge is -2.25. The Hall–Kier alpha value is -4.01. The van der Waals surface area contributed by atoms with Crippen LogP contribution in [0.3, 0.4) is 0 Å². The predicted octanol–water partition coefficient (Wildman–Crippen LogP) is 2.72. The first-order valence-electron chi connectivity index (χ1n) is 13.0. The maximum Gasteiger partial charge on any atom is 0.436 e. The molecule has 3 amide bonds. The fourth-order valence-electron chi connectivity index (χ4n) is 4.57. The minimum atomic E-state index is -4.98. The third-order valence-corrected chi connectivity index (χ3v) is 6.98. The SMILES string of the molecule is COC[C@H]1CCCN1C(=O)c1ccccc1-n1cnc(CNC(=O)/[N+](C[C@H](O)C(F)(F)F)=C(\N)c2ccc(Cl)cc2)n1. The smallest absolute Gasteiger partial charge is 0.383 e. The van der Waals surface area contributed by atoms with Crippen molar-refractivity contribution in [1.29, 1.82) is 0 Å². The lowest BCUT2D eigenvalue weighted by molar-refractivity contribution is -0.455. The number of hydrogen-bond donors (Lipinski definition) is 3. The van der Waals surface area contributed by atoms with Gasteiger partial charge < -0.3 is 20.5 Å². The van der Waals surface area contributed by atoms with E-state index in [1.165, 1.54) is 35.3 Å². The quantitative estimate of drug-likeness (QED) is 0.193. The number of amides is 3. The molecule has 1 saturated heterocycles.